The topological polar surface area (TPSA) is 94.8 Å². The lowest BCUT2D eigenvalue weighted by Gasteiger charge is -2.08. The Morgan fingerprint density at radius 1 is 1.23 bits per heavy atom. The van der Waals surface area contributed by atoms with E-state index in [1.165, 1.54) is 23.7 Å². The van der Waals surface area contributed by atoms with Gasteiger partial charge in [-0.3, -0.25) is 4.79 Å². The first-order chi connectivity index (χ1) is 12.5. The number of hydrogen-bond donors (Lipinski definition) is 1. The number of rotatable bonds is 6. The van der Waals surface area contributed by atoms with Gasteiger partial charge < -0.3 is 19.2 Å². The van der Waals surface area contributed by atoms with Gasteiger partial charge in [-0.05, 0) is 44.7 Å². The largest absolute Gasteiger partial charge is 0.469 e. The number of thiophene rings is 1. The van der Waals surface area contributed by atoms with Crippen LogP contribution >= 0.6 is 11.3 Å². The van der Waals surface area contributed by atoms with Crippen molar-refractivity contribution >= 4 is 34.2 Å². The first-order valence-electron chi connectivity index (χ1n) is 8.34. The Balaban J connectivity index is 1.67. The monoisotopic (exact) mass is 377 g/mol. The van der Waals surface area contributed by atoms with Crippen molar-refractivity contribution < 1.29 is 28.3 Å². The van der Waals surface area contributed by atoms with Gasteiger partial charge in [0, 0.05) is 4.88 Å². The van der Waals surface area contributed by atoms with Crippen LogP contribution in [0.15, 0.2) is 16.7 Å². The van der Waals surface area contributed by atoms with Crippen LogP contribution in [0.5, 0.6) is 0 Å². The second kappa shape index (κ2) is 7.74. The molecule has 1 aliphatic carbocycles. The SMILES string of the molecule is CCOC(=O)c1c(NC(=O)COC(=O)c2ccoc2C)sc2c1CCC2. The molecule has 0 radical (unpaired) electrons. The van der Waals surface area contributed by atoms with Gasteiger partial charge in [0.15, 0.2) is 6.61 Å². The molecule has 0 bridgehead atoms. The minimum atomic E-state index is -0.634. The van der Waals surface area contributed by atoms with Crippen molar-refractivity contribution in [3.05, 3.63) is 39.7 Å². The van der Waals surface area contributed by atoms with Crippen LogP contribution in [0.1, 0.15) is 50.3 Å². The van der Waals surface area contributed by atoms with Crippen LogP contribution in [0.3, 0.4) is 0 Å². The number of amides is 1. The van der Waals surface area contributed by atoms with Gasteiger partial charge >= 0.3 is 11.9 Å². The zero-order valence-electron chi connectivity index (χ0n) is 14.5. The van der Waals surface area contributed by atoms with E-state index in [0.29, 0.717) is 16.3 Å². The minimum absolute atomic E-state index is 0.262. The van der Waals surface area contributed by atoms with Gasteiger partial charge in [0.2, 0.25) is 0 Å². The third-order valence-electron chi connectivity index (χ3n) is 4.07. The summed E-state index contributed by atoms with van der Waals surface area (Å²) in [5.74, 6) is -1.15. The van der Waals surface area contributed by atoms with E-state index in [1.807, 2.05) is 0 Å². The van der Waals surface area contributed by atoms with Gasteiger partial charge in [-0.25, -0.2) is 9.59 Å². The van der Waals surface area contributed by atoms with Crippen molar-refractivity contribution in [2.75, 3.05) is 18.5 Å². The van der Waals surface area contributed by atoms with Crippen molar-refractivity contribution in [1.29, 1.82) is 0 Å². The molecule has 2 aromatic heterocycles. The summed E-state index contributed by atoms with van der Waals surface area (Å²) >= 11 is 1.38. The maximum atomic E-state index is 12.3. The number of esters is 2. The Kier molecular flexibility index (Phi) is 5.41. The molecule has 2 heterocycles. The number of anilines is 1. The van der Waals surface area contributed by atoms with E-state index in [0.717, 1.165) is 29.7 Å². The molecule has 0 aliphatic heterocycles. The average molecular weight is 377 g/mol. The predicted octanol–water partition coefficient (Wildman–Crippen LogP) is 3.11. The van der Waals surface area contributed by atoms with E-state index in [4.69, 9.17) is 13.9 Å². The van der Waals surface area contributed by atoms with Crippen molar-refractivity contribution in [3.63, 3.8) is 0 Å². The van der Waals surface area contributed by atoms with E-state index >= 15 is 0 Å². The van der Waals surface area contributed by atoms with Crippen LogP contribution in [-0.4, -0.2) is 31.1 Å². The molecule has 3 rings (SSSR count). The zero-order chi connectivity index (χ0) is 18.7. The van der Waals surface area contributed by atoms with E-state index in [9.17, 15) is 14.4 Å². The maximum Gasteiger partial charge on any atom is 0.342 e. The lowest BCUT2D eigenvalue weighted by molar-refractivity contribution is -0.119. The molecule has 0 aromatic carbocycles. The summed E-state index contributed by atoms with van der Waals surface area (Å²) in [7, 11) is 0. The molecule has 1 N–H and O–H groups in total. The molecule has 7 nitrogen and oxygen atoms in total. The first-order valence-corrected chi connectivity index (χ1v) is 9.15. The Hall–Kier alpha value is -2.61. The minimum Gasteiger partial charge on any atom is -0.469 e. The lowest BCUT2D eigenvalue weighted by Crippen LogP contribution is -2.22. The van der Waals surface area contributed by atoms with Gasteiger partial charge in [-0.15, -0.1) is 11.3 Å². The highest BCUT2D eigenvalue weighted by Gasteiger charge is 2.28. The molecule has 8 heteroatoms. The molecule has 1 aliphatic rings. The van der Waals surface area contributed by atoms with Crippen LogP contribution < -0.4 is 5.32 Å². The standard InChI is InChI=1S/C18H19NO6S/c1-3-23-18(22)15-12-5-4-6-13(12)26-16(15)19-14(20)9-25-17(21)11-7-8-24-10(11)2/h7-8H,3-6,9H2,1-2H3,(H,19,20). The summed E-state index contributed by atoms with van der Waals surface area (Å²) in [6.45, 7) is 3.18. The number of nitrogens with one attached hydrogen (secondary N) is 1. The predicted molar refractivity (Wildman–Crippen MR) is 94.7 cm³/mol. The quantitative estimate of drug-likeness (QED) is 0.777. The number of ether oxygens (including phenoxy) is 2. The number of fused-ring (bicyclic) bond motifs is 1. The molecule has 26 heavy (non-hydrogen) atoms. The summed E-state index contributed by atoms with van der Waals surface area (Å²) in [6.07, 6.45) is 4.05. The fourth-order valence-corrected chi connectivity index (χ4v) is 4.17. The van der Waals surface area contributed by atoms with Crippen LogP contribution in [0, 0.1) is 6.92 Å². The molecule has 0 spiro atoms. The number of aryl methyl sites for hydroxylation is 2. The van der Waals surface area contributed by atoms with Crippen molar-refractivity contribution in [2.24, 2.45) is 0 Å². The van der Waals surface area contributed by atoms with E-state index in [-0.39, 0.29) is 12.2 Å². The fourth-order valence-electron chi connectivity index (χ4n) is 2.88. The smallest absolute Gasteiger partial charge is 0.342 e. The summed E-state index contributed by atoms with van der Waals surface area (Å²) in [4.78, 5) is 37.5. The Morgan fingerprint density at radius 2 is 2.04 bits per heavy atom. The van der Waals surface area contributed by atoms with E-state index < -0.39 is 24.5 Å². The first kappa shape index (κ1) is 18.2. The van der Waals surface area contributed by atoms with Gasteiger partial charge in [-0.2, -0.15) is 0 Å². The number of hydrogen-bond acceptors (Lipinski definition) is 7. The normalized spacial score (nSPS) is 12.5. The maximum absolute atomic E-state index is 12.3. The molecular weight excluding hydrogens is 358 g/mol. The highest BCUT2D eigenvalue weighted by Crippen LogP contribution is 2.39. The summed E-state index contributed by atoms with van der Waals surface area (Å²) in [5.41, 5.74) is 1.66. The second-order valence-corrected chi connectivity index (χ2v) is 6.90. The Morgan fingerprint density at radius 3 is 2.73 bits per heavy atom. The van der Waals surface area contributed by atoms with Gasteiger partial charge in [0.05, 0.1) is 18.4 Å². The third-order valence-corrected chi connectivity index (χ3v) is 5.27. The van der Waals surface area contributed by atoms with Crippen molar-refractivity contribution in [3.8, 4) is 0 Å². The molecule has 138 valence electrons. The van der Waals surface area contributed by atoms with Crippen LogP contribution in [0.4, 0.5) is 5.00 Å². The highest BCUT2D eigenvalue weighted by atomic mass is 32.1. The van der Waals surface area contributed by atoms with Crippen molar-refractivity contribution in [1.82, 2.24) is 0 Å². The molecule has 2 aromatic rings. The van der Waals surface area contributed by atoms with Gasteiger partial charge in [-0.1, -0.05) is 0 Å². The van der Waals surface area contributed by atoms with E-state index in [1.54, 1.807) is 13.8 Å². The Labute approximate surface area is 154 Å². The fraction of sp³-hybridized carbons (Fsp3) is 0.389. The number of carbonyl (C=O) groups is 3. The average Bonchev–Trinajstić information content (AvgIpc) is 3.28. The Bertz CT molecular complexity index is 850. The molecular formula is C18H19NO6S. The molecule has 0 saturated carbocycles. The summed E-state index contributed by atoms with van der Waals surface area (Å²) in [6, 6.07) is 1.48. The van der Waals surface area contributed by atoms with Crippen molar-refractivity contribution in [2.45, 2.75) is 33.1 Å². The molecule has 1 amide bonds. The second-order valence-electron chi connectivity index (χ2n) is 5.80. The summed E-state index contributed by atoms with van der Waals surface area (Å²) < 4.78 is 15.2. The van der Waals surface area contributed by atoms with Crippen LogP contribution in [-0.2, 0) is 27.1 Å². The summed E-state index contributed by atoms with van der Waals surface area (Å²) in [5, 5.41) is 3.13. The third kappa shape index (κ3) is 3.65. The molecule has 0 atom stereocenters. The number of furan rings is 1. The van der Waals surface area contributed by atoms with Gasteiger partial charge in [0.25, 0.3) is 5.91 Å². The zero-order valence-corrected chi connectivity index (χ0v) is 15.4. The lowest BCUT2D eigenvalue weighted by atomic mass is 10.1. The van der Waals surface area contributed by atoms with Crippen LogP contribution in [0.2, 0.25) is 0 Å². The molecule has 0 saturated heterocycles. The van der Waals surface area contributed by atoms with Gasteiger partial charge in [0.1, 0.15) is 16.3 Å². The number of carbonyl (C=O) groups excluding carboxylic acids is 3. The molecule has 0 fully saturated rings. The van der Waals surface area contributed by atoms with E-state index in [2.05, 4.69) is 5.32 Å². The van der Waals surface area contributed by atoms with Crippen LogP contribution in [0.25, 0.3) is 0 Å². The molecule has 0 unspecified atom stereocenters. The highest BCUT2D eigenvalue weighted by molar-refractivity contribution is 7.17.